The maximum atomic E-state index is 12.9. The van der Waals surface area contributed by atoms with Gasteiger partial charge in [0.1, 0.15) is 11.6 Å². The van der Waals surface area contributed by atoms with Gasteiger partial charge in [-0.1, -0.05) is 24.3 Å². The number of carbonyl (C=O) groups is 2. The van der Waals surface area contributed by atoms with Crippen molar-refractivity contribution in [3.63, 3.8) is 0 Å². The van der Waals surface area contributed by atoms with Crippen molar-refractivity contribution in [1.29, 1.82) is 0 Å². The number of aromatic amines is 1. The molecule has 7 nitrogen and oxygen atoms in total. The molecule has 3 aromatic rings. The van der Waals surface area contributed by atoms with Crippen molar-refractivity contribution in [1.82, 2.24) is 20.2 Å². The number of halogens is 1. The predicted octanol–water partition coefficient (Wildman–Crippen LogP) is 2.16. The van der Waals surface area contributed by atoms with Gasteiger partial charge in [0.2, 0.25) is 11.8 Å². The molecule has 8 heteroatoms. The molecule has 0 aliphatic heterocycles. The van der Waals surface area contributed by atoms with E-state index in [4.69, 9.17) is 0 Å². The first-order valence-electron chi connectivity index (χ1n) is 9.73. The molecule has 0 atom stereocenters. The number of hydrogen-bond donors (Lipinski definition) is 2. The van der Waals surface area contributed by atoms with Gasteiger partial charge in [-0.25, -0.2) is 9.37 Å². The largest absolute Gasteiger partial charge is 0.350 e. The molecule has 2 N–H and O–H groups in total. The first kappa shape index (κ1) is 21.2. The number of benzene rings is 2. The van der Waals surface area contributed by atoms with Crippen molar-refractivity contribution in [2.24, 2.45) is 0 Å². The van der Waals surface area contributed by atoms with Gasteiger partial charge in [0.05, 0.1) is 17.4 Å². The Labute approximate surface area is 172 Å². The molecule has 0 spiro atoms. The number of H-pyrrole nitrogens is 1. The van der Waals surface area contributed by atoms with E-state index in [2.05, 4.69) is 15.3 Å². The van der Waals surface area contributed by atoms with Crippen LogP contribution >= 0.6 is 0 Å². The molecule has 0 fully saturated rings. The van der Waals surface area contributed by atoms with Gasteiger partial charge in [0.15, 0.2) is 0 Å². The number of nitrogens with zero attached hydrogens (tertiary/aromatic N) is 2. The number of carbonyl (C=O) groups excluding carboxylic acids is 2. The zero-order chi connectivity index (χ0) is 21.5. The lowest BCUT2D eigenvalue weighted by Crippen LogP contribution is -2.40. The first-order chi connectivity index (χ1) is 14.5. The molecule has 30 heavy (non-hydrogen) atoms. The third kappa shape index (κ3) is 5.50. The smallest absolute Gasteiger partial charge is 0.258 e. The lowest BCUT2D eigenvalue weighted by atomic mass is 10.2. The predicted molar refractivity (Wildman–Crippen MR) is 111 cm³/mol. The number of rotatable bonds is 8. The molecule has 0 bridgehead atoms. The van der Waals surface area contributed by atoms with Crippen LogP contribution in [0.15, 0.2) is 53.3 Å². The second-order valence-electron chi connectivity index (χ2n) is 6.84. The highest BCUT2D eigenvalue weighted by Gasteiger charge is 2.16. The minimum absolute atomic E-state index is 0.0712. The number of nitrogens with one attached hydrogen (secondary N) is 2. The minimum Gasteiger partial charge on any atom is -0.350 e. The fraction of sp³-hybridized carbons (Fsp3) is 0.273. The Morgan fingerprint density at radius 3 is 2.60 bits per heavy atom. The average molecular weight is 410 g/mol. The monoisotopic (exact) mass is 410 g/mol. The molecule has 2 amide bonds. The van der Waals surface area contributed by atoms with Crippen LogP contribution in [-0.4, -0.2) is 39.8 Å². The van der Waals surface area contributed by atoms with Crippen LogP contribution in [0.25, 0.3) is 10.9 Å². The van der Waals surface area contributed by atoms with Gasteiger partial charge in [-0.05, 0) is 36.8 Å². The molecule has 3 rings (SSSR count). The van der Waals surface area contributed by atoms with Crippen molar-refractivity contribution >= 4 is 22.7 Å². The fourth-order valence-corrected chi connectivity index (χ4v) is 3.05. The Balaban J connectivity index is 1.53. The van der Waals surface area contributed by atoms with Crippen LogP contribution in [0.3, 0.4) is 0 Å². The van der Waals surface area contributed by atoms with Gasteiger partial charge >= 0.3 is 0 Å². The van der Waals surface area contributed by atoms with Crippen molar-refractivity contribution < 1.29 is 14.0 Å². The molecule has 0 aliphatic rings. The highest BCUT2D eigenvalue weighted by Crippen LogP contribution is 2.07. The van der Waals surface area contributed by atoms with Crippen LogP contribution < -0.4 is 10.9 Å². The van der Waals surface area contributed by atoms with Gasteiger partial charge in [-0.2, -0.15) is 0 Å². The van der Waals surface area contributed by atoms with Gasteiger partial charge in [-0.3, -0.25) is 14.4 Å². The summed E-state index contributed by atoms with van der Waals surface area (Å²) in [5, 5.41) is 3.22. The standard InChI is InChI=1S/C22H23FN4O3/c1-2-27(14-20(28)24-13-15-7-9-16(23)10-8-15)21(29)12-11-19-25-18-6-4-3-5-17(18)22(30)26-19/h3-10H,2,11-14H2,1H3,(H,24,28)(H,25,26,30). The van der Waals surface area contributed by atoms with E-state index in [0.717, 1.165) is 5.56 Å². The van der Waals surface area contributed by atoms with E-state index >= 15 is 0 Å². The molecule has 156 valence electrons. The van der Waals surface area contributed by atoms with Gasteiger partial charge < -0.3 is 15.2 Å². The summed E-state index contributed by atoms with van der Waals surface area (Å²) in [4.78, 5) is 45.4. The normalized spacial score (nSPS) is 10.7. The van der Waals surface area contributed by atoms with Gasteiger partial charge in [-0.15, -0.1) is 0 Å². The van der Waals surface area contributed by atoms with Crippen LogP contribution in [0.2, 0.25) is 0 Å². The highest BCUT2D eigenvalue weighted by molar-refractivity contribution is 5.85. The summed E-state index contributed by atoms with van der Waals surface area (Å²) < 4.78 is 12.9. The average Bonchev–Trinajstić information content (AvgIpc) is 2.75. The summed E-state index contributed by atoms with van der Waals surface area (Å²) in [5.41, 5.74) is 1.11. The zero-order valence-electron chi connectivity index (χ0n) is 16.7. The number of hydrogen-bond acceptors (Lipinski definition) is 4. The summed E-state index contributed by atoms with van der Waals surface area (Å²) in [5.74, 6) is -0.407. The summed E-state index contributed by atoms with van der Waals surface area (Å²) in [6, 6.07) is 12.9. The van der Waals surface area contributed by atoms with Gasteiger partial charge in [0, 0.05) is 25.9 Å². The van der Waals surface area contributed by atoms with Crippen LogP contribution in [0, 0.1) is 5.82 Å². The van der Waals surface area contributed by atoms with Crippen LogP contribution in [0.4, 0.5) is 4.39 Å². The molecular weight excluding hydrogens is 387 g/mol. The van der Waals surface area contributed by atoms with Crippen molar-refractivity contribution in [3.8, 4) is 0 Å². The molecule has 0 aliphatic carbocycles. The van der Waals surface area contributed by atoms with Crippen LogP contribution in [0.1, 0.15) is 24.7 Å². The highest BCUT2D eigenvalue weighted by atomic mass is 19.1. The molecule has 1 aromatic heterocycles. The Morgan fingerprint density at radius 2 is 1.87 bits per heavy atom. The first-order valence-corrected chi connectivity index (χ1v) is 9.73. The fourth-order valence-electron chi connectivity index (χ4n) is 3.05. The minimum atomic E-state index is -0.338. The zero-order valence-corrected chi connectivity index (χ0v) is 16.7. The van der Waals surface area contributed by atoms with E-state index in [-0.39, 0.29) is 49.1 Å². The van der Waals surface area contributed by atoms with Crippen molar-refractivity contribution in [2.45, 2.75) is 26.3 Å². The van der Waals surface area contributed by atoms with Gasteiger partial charge in [0.25, 0.3) is 5.56 Å². The summed E-state index contributed by atoms with van der Waals surface area (Å²) in [7, 11) is 0. The Kier molecular flexibility index (Phi) is 6.90. The van der Waals surface area contributed by atoms with E-state index < -0.39 is 0 Å². The maximum Gasteiger partial charge on any atom is 0.258 e. The maximum absolute atomic E-state index is 12.9. The number of likely N-dealkylation sites (N-methyl/N-ethyl adjacent to an activating group) is 1. The SMILES string of the molecule is CCN(CC(=O)NCc1ccc(F)cc1)C(=O)CCc1nc2ccccc2c(=O)[nH]1. The Hall–Kier alpha value is -3.55. The molecular formula is C22H23FN4O3. The molecule has 1 heterocycles. The van der Waals surface area contributed by atoms with Crippen LogP contribution in [0.5, 0.6) is 0 Å². The second kappa shape index (κ2) is 9.78. The lowest BCUT2D eigenvalue weighted by Gasteiger charge is -2.20. The Morgan fingerprint density at radius 1 is 1.13 bits per heavy atom. The number of aryl methyl sites for hydroxylation is 1. The second-order valence-corrected chi connectivity index (χ2v) is 6.84. The molecule has 0 unspecified atom stereocenters. The third-order valence-electron chi connectivity index (χ3n) is 4.71. The van der Waals surface area contributed by atoms with E-state index in [1.54, 1.807) is 43.3 Å². The van der Waals surface area contributed by atoms with E-state index in [9.17, 15) is 18.8 Å². The molecule has 0 saturated carbocycles. The summed E-state index contributed by atoms with van der Waals surface area (Å²) >= 11 is 0. The van der Waals surface area contributed by atoms with E-state index in [1.165, 1.54) is 17.0 Å². The summed E-state index contributed by atoms with van der Waals surface area (Å²) in [6.07, 6.45) is 0.396. The Bertz CT molecular complexity index is 1100. The van der Waals surface area contributed by atoms with Crippen LogP contribution in [-0.2, 0) is 22.6 Å². The molecule has 0 radical (unpaired) electrons. The molecule has 0 saturated heterocycles. The third-order valence-corrected chi connectivity index (χ3v) is 4.71. The van der Waals surface area contributed by atoms with E-state index in [1.807, 2.05) is 0 Å². The van der Waals surface area contributed by atoms with Crippen molar-refractivity contribution in [2.75, 3.05) is 13.1 Å². The number of para-hydroxylation sites is 1. The van der Waals surface area contributed by atoms with Crippen molar-refractivity contribution in [3.05, 3.63) is 76.1 Å². The summed E-state index contributed by atoms with van der Waals surface area (Å²) in [6.45, 7) is 2.36. The number of aromatic nitrogens is 2. The van der Waals surface area contributed by atoms with E-state index in [0.29, 0.717) is 23.3 Å². The topological polar surface area (TPSA) is 95.2 Å². The number of fused-ring (bicyclic) bond motifs is 1. The molecule has 2 aromatic carbocycles. The lowest BCUT2D eigenvalue weighted by molar-refractivity contribution is -0.135. The quantitative estimate of drug-likeness (QED) is 0.595. The number of amides is 2.